The summed E-state index contributed by atoms with van der Waals surface area (Å²) in [6.45, 7) is 0. The Kier molecular flexibility index (Phi) is 5.34. The quantitative estimate of drug-likeness (QED) is 0.703. The van der Waals surface area contributed by atoms with E-state index < -0.39 is 0 Å². The molecule has 0 atom stereocenters. The predicted molar refractivity (Wildman–Crippen MR) is 90.0 cm³/mol. The smallest absolute Gasteiger partial charge is 0.307 e. The number of benzene rings is 2. The summed E-state index contributed by atoms with van der Waals surface area (Å²) in [6.07, 6.45) is 1.96. The van der Waals surface area contributed by atoms with E-state index in [4.69, 9.17) is 11.6 Å². The molecular formula is C14H12BrClN2OS. The molecule has 0 fully saturated rings. The first kappa shape index (κ1) is 15.2. The van der Waals surface area contributed by atoms with Crippen LogP contribution in [0, 0.1) is 0 Å². The second-order valence-electron chi connectivity index (χ2n) is 3.90. The minimum absolute atomic E-state index is 0.323. The van der Waals surface area contributed by atoms with Crippen LogP contribution < -0.4 is 10.6 Å². The predicted octanol–water partition coefficient (Wildman–Crippen LogP) is 5.47. The van der Waals surface area contributed by atoms with Crippen molar-refractivity contribution in [3.63, 3.8) is 0 Å². The Balaban J connectivity index is 2.09. The van der Waals surface area contributed by atoms with Crippen LogP contribution in [0.4, 0.5) is 16.2 Å². The minimum atomic E-state index is -0.323. The van der Waals surface area contributed by atoms with Gasteiger partial charge in [0.2, 0.25) is 0 Å². The number of anilines is 2. The molecule has 2 amide bonds. The average molecular weight is 372 g/mol. The van der Waals surface area contributed by atoms with E-state index >= 15 is 0 Å². The van der Waals surface area contributed by atoms with E-state index in [1.54, 1.807) is 23.9 Å². The molecule has 2 aromatic carbocycles. The highest BCUT2D eigenvalue weighted by Crippen LogP contribution is 2.27. The van der Waals surface area contributed by atoms with E-state index in [0.29, 0.717) is 10.7 Å². The maximum atomic E-state index is 12.0. The molecule has 2 aromatic rings. The second-order valence-corrected chi connectivity index (χ2v) is 6.07. The van der Waals surface area contributed by atoms with Crippen molar-refractivity contribution < 1.29 is 4.79 Å². The Bertz CT molecular complexity index is 636. The number of carbonyl (C=O) groups excluding carboxylic acids is 1. The fourth-order valence-corrected chi connectivity index (χ4v) is 2.89. The maximum absolute atomic E-state index is 12.0. The molecule has 0 bridgehead atoms. The van der Waals surface area contributed by atoms with Crippen LogP contribution in [0.15, 0.2) is 51.8 Å². The van der Waals surface area contributed by atoms with Crippen LogP contribution in [-0.4, -0.2) is 12.3 Å². The normalized spacial score (nSPS) is 10.2. The molecule has 0 aromatic heterocycles. The third kappa shape index (κ3) is 3.91. The van der Waals surface area contributed by atoms with Crippen LogP contribution in [0.3, 0.4) is 0 Å². The topological polar surface area (TPSA) is 41.1 Å². The molecule has 2 rings (SSSR count). The summed E-state index contributed by atoms with van der Waals surface area (Å²) in [5, 5.41) is 6.01. The number of hydrogen-bond acceptors (Lipinski definition) is 2. The third-order valence-corrected chi connectivity index (χ3v) is 4.14. The van der Waals surface area contributed by atoms with Gasteiger partial charge in [0.05, 0.1) is 16.4 Å². The summed E-state index contributed by atoms with van der Waals surface area (Å²) in [4.78, 5) is 13.0. The van der Waals surface area contributed by atoms with E-state index in [-0.39, 0.29) is 6.03 Å². The van der Waals surface area contributed by atoms with Crippen molar-refractivity contribution in [3.8, 4) is 0 Å². The highest BCUT2D eigenvalue weighted by atomic mass is 79.9. The maximum Gasteiger partial charge on any atom is 0.323 e. The van der Waals surface area contributed by atoms with Crippen LogP contribution in [0.1, 0.15) is 0 Å². The van der Waals surface area contributed by atoms with Gasteiger partial charge in [0.25, 0.3) is 0 Å². The van der Waals surface area contributed by atoms with Gasteiger partial charge in [0, 0.05) is 9.37 Å². The minimum Gasteiger partial charge on any atom is -0.307 e. The largest absolute Gasteiger partial charge is 0.323 e. The SMILES string of the molecule is CSc1ccccc1NC(=O)Nc1ccc(Br)cc1Cl. The van der Waals surface area contributed by atoms with Gasteiger partial charge in [-0.2, -0.15) is 0 Å². The zero-order valence-corrected chi connectivity index (χ0v) is 13.8. The number of thioether (sulfide) groups is 1. The van der Waals surface area contributed by atoms with E-state index in [9.17, 15) is 4.79 Å². The van der Waals surface area contributed by atoms with Gasteiger partial charge in [0.1, 0.15) is 0 Å². The molecule has 3 nitrogen and oxygen atoms in total. The van der Waals surface area contributed by atoms with Crippen molar-refractivity contribution in [2.45, 2.75) is 4.90 Å². The fraction of sp³-hybridized carbons (Fsp3) is 0.0714. The van der Waals surface area contributed by atoms with Crippen molar-refractivity contribution in [1.29, 1.82) is 0 Å². The van der Waals surface area contributed by atoms with Crippen LogP contribution >= 0.6 is 39.3 Å². The number of halogens is 2. The number of carbonyl (C=O) groups is 1. The summed E-state index contributed by atoms with van der Waals surface area (Å²) < 4.78 is 0.862. The third-order valence-electron chi connectivity index (χ3n) is 2.53. The molecule has 2 N–H and O–H groups in total. The molecule has 0 aliphatic rings. The lowest BCUT2D eigenvalue weighted by molar-refractivity contribution is 0.262. The molecule has 20 heavy (non-hydrogen) atoms. The molecule has 0 spiro atoms. The van der Waals surface area contributed by atoms with Gasteiger partial charge in [-0.3, -0.25) is 0 Å². The monoisotopic (exact) mass is 370 g/mol. The van der Waals surface area contributed by atoms with Gasteiger partial charge in [-0.1, -0.05) is 39.7 Å². The van der Waals surface area contributed by atoms with Crippen molar-refractivity contribution in [3.05, 3.63) is 52.0 Å². The molecule has 0 heterocycles. The van der Waals surface area contributed by atoms with Gasteiger partial charge in [-0.25, -0.2) is 4.79 Å². The van der Waals surface area contributed by atoms with Gasteiger partial charge < -0.3 is 10.6 Å². The standard InChI is InChI=1S/C14H12BrClN2OS/c1-20-13-5-3-2-4-12(13)18-14(19)17-11-7-6-9(15)8-10(11)16/h2-8H,1H3,(H2,17,18,19). The summed E-state index contributed by atoms with van der Waals surface area (Å²) in [6, 6.07) is 12.6. The highest BCUT2D eigenvalue weighted by Gasteiger charge is 2.08. The number of para-hydroxylation sites is 1. The lowest BCUT2D eigenvalue weighted by Gasteiger charge is -2.11. The number of amides is 2. The molecule has 0 saturated carbocycles. The van der Waals surface area contributed by atoms with Crippen LogP contribution in [0.25, 0.3) is 0 Å². The highest BCUT2D eigenvalue weighted by molar-refractivity contribution is 9.10. The van der Waals surface area contributed by atoms with E-state index in [2.05, 4.69) is 26.6 Å². The zero-order chi connectivity index (χ0) is 14.5. The lowest BCUT2D eigenvalue weighted by Crippen LogP contribution is -2.20. The van der Waals surface area contributed by atoms with E-state index in [0.717, 1.165) is 15.1 Å². The van der Waals surface area contributed by atoms with Crippen LogP contribution in [0.2, 0.25) is 5.02 Å². The first-order chi connectivity index (χ1) is 9.60. The molecule has 0 saturated heterocycles. The van der Waals surface area contributed by atoms with Crippen LogP contribution in [-0.2, 0) is 0 Å². The summed E-state index contributed by atoms with van der Waals surface area (Å²) in [7, 11) is 0. The van der Waals surface area contributed by atoms with Crippen molar-refractivity contribution in [2.75, 3.05) is 16.9 Å². The summed E-state index contributed by atoms with van der Waals surface area (Å²) in [5.74, 6) is 0. The van der Waals surface area contributed by atoms with Crippen molar-refractivity contribution in [1.82, 2.24) is 0 Å². The molecule has 0 unspecified atom stereocenters. The summed E-state index contributed by atoms with van der Waals surface area (Å²) in [5.41, 5.74) is 1.33. The Labute approximate surface area is 135 Å². The molecule has 6 heteroatoms. The Hall–Kier alpha value is -1.17. The Morgan fingerprint density at radius 3 is 2.55 bits per heavy atom. The Morgan fingerprint density at radius 2 is 1.85 bits per heavy atom. The molecule has 0 radical (unpaired) electrons. The zero-order valence-electron chi connectivity index (χ0n) is 10.6. The average Bonchev–Trinajstić information content (AvgIpc) is 2.42. The van der Waals surface area contributed by atoms with E-state index in [1.165, 1.54) is 0 Å². The van der Waals surface area contributed by atoms with Gasteiger partial charge in [-0.05, 0) is 36.6 Å². The molecule has 0 aliphatic carbocycles. The Morgan fingerprint density at radius 1 is 1.15 bits per heavy atom. The van der Waals surface area contributed by atoms with Gasteiger partial charge in [0.15, 0.2) is 0 Å². The molecular weight excluding hydrogens is 360 g/mol. The van der Waals surface area contributed by atoms with Crippen molar-refractivity contribution in [2.24, 2.45) is 0 Å². The molecule has 0 aliphatic heterocycles. The van der Waals surface area contributed by atoms with E-state index in [1.807, 2.05) is 36.6 Å². The first-order valence-corrected chi connectivity index (χ1v) is 8.16. The van der Waals surface area contributed by atoms with Gasteiger partial charge in [-0.15, -0.1) is 11.8 Å². The van der Waals surface area contributed by atoms with Crippen LogP contribution in [0.5, 0.6) is 0 Å². The number of rotatable bonds is 3. The second kappa shape index (κ2) is 7.02. The number of hydrogen-bond donors (Lipinski definition) is 2. The number of nitrogens with one attached hydrogen (secondary N) is 2. The molecule has 104 valence electrons. The lowest BCUT2D eigenvalue weighted by atomic mass is 10.3. The number of urea groups is 1. The van der Waals surface area contributed by atoms with Crippen molar-refractivity contribution >= 4 is 56.7 Å². The fourth-order valence-electron chi connectivity index (χ4n) is 1.61. The summed E-state index contributed by atoms with van der Waals surface area (Å²) >= 11 is 11.0. The van der Waals surface area contributed by atoms with Gasteiger partial charge >= 0.3 is 6.03 Å². The first-order valence-electron chi connectivity index (χ1n) is 5.76.